The Kier molecular flexibility index (Phi) is 12.9. The van der Waals surface area contributed by atoms with Crippen LogP contribution in [0.5, 0.6) is 23.0 Å². The van der Waals surface area contributed by atoms with Gasteiger partial charge in [-0.1, -0.05) is 25.5 Å². The van der Waals surface area contributed by atoms with Gasteiger partial charge in [0.25, 0.3) is 5.91 Å². The molecule has 3 aromatic carbocycles. The molecule has 326 valence electrons. The van der Waals surface area contributed by atoms with Crippen LogP contribution in [0.25, 0.3) is 11.0 Å². The standard InChI is InChI=1S/C49H60N2O10/c1-7-29-27-50-17-15-30-22-42(55-3)44(57-5)24-35(30)39(50)20-32(29)21-40-36-25-45(58-6)43(56-4)23-31(36)16-18-51(40)48(54)46-26-37(33(13-11-19-52)49(61-46)59-8-2)38-28-60-41-14-10-9-12-34(41)47(38)53/h9-10,12,14,22-26,28-29,32-33,37,39-40,49,52H,7-8,11,13,15-21,27H2,1-6H3/t29-,32+,33-,37+,39-,40+,49-/m0/s1. The number of hydrogen-bond donors (Lipinski definition) is 1. The highest BCUT2D eigenvalue weighted by Gasteiger charge is 2.45. The number of piperidine rings is 1. The van der Waals surface area contributed by atoms with Crippen molar-refractivity contribution in [3.63, 3.8) is 0 Å². The van der Waals surface area contributed by atoms with Crippen molar-refractivity contribution in [3.05, 3.63) is 105 Å². The largest absolute Gasteiger partial charge is 0.493 e. The number of aliphatic hydroxyl groups excluding tert-OH is 1. The minimum Gasteiger partial charge on any atom is -0.493 e. The number of carbonyl (C=O) groups excluding carboxylic acids is 1. The van der Waals surface area contributed by atoms with Crippen molar-refractivity contribution >= 4 is 16.9 Å². The Balaban J connectivity index is 1.20. The van der Waals surface area contributed by atoms with Crippen LogP contribution in [0.3, 0.4) is 0 Å². The molecule has 1 saturated heterocycles. The van der Waals surface area contributed by atoms with Gasteiger partial charge in [0.1, 0.15) is 5.58 Å². The quantitative estimate of drug-likeness (QED) is 0.134. The Bertz CT molecular complexity index is 2310. The van der Waals surface area contributed by atoms with Crippen LogP contribution >= 0.6 is 0 Å². The number of benzene rings is 3. The summed E-state index contributed by atoms with van der Waals surface area (Å²) >= 11 is 0. The summed E-state index contributed by atoms with van der Waals surface area (Å²) in [4.78, 5) is 34.1. The molecular formula is C49H60N2O10. The van der Waals surface area contributed by atoms with E-state index in [2.05, 4.69) is 36.1 Å². The maximum Gasteiger partial charge on any atom is 0.289 e. The Labute approximate surface area is 358 Å². The van der Waals surface area contributed by atoms with Crippen molar-refractivity contribution < 1.29 is 42.7 Å². The van der Waals surface area contributed by atoms with Crippen LogP contribution in [0.1, 0.15) is 91.8 Å². The van der Waals surface area contributed by atoms with Crippen molar-refractivity contribution in [3.8, 4) is 23.0 Å². The van der Waals surface area contributed by atoms with E-state index in [0.717, 1.165) is 61.4 Å². The number of ether oxygens (including phenoxy) is 6. The molecule has 0 aliphatic carbocycles. The summed E-state index contributed by atoms with van der Waals surface area (Å²) in [6, 6.07) is 15.5. The third-order valence-electron chi connectivity index (χ3n) is 13.8. The number of carbonyl (C=O) groups is 1. The zero-order chi connectivity index (χ0) is 42.8. The first-order chi connectivity index (χ1) is 29.7. The van der Waals surface area contributed by atoms with Crippen LogP contribution in [-0.4, -0.2) is 88.4 Å². The topological polar surface area (TPSA) is 129 Å². The van der Waals surface area contributed by atoms with E-state index < -0.39 is 12.2 Å². The van der Waals surface area contributed by atoms with Crippen LogP contribution in [0.15, 0.2) is 75.8 Å². The van der Waals surface area contributed by atoms with Crippen LogP contribution in [0, 0.1) is 17.8 Å². The van der Waals surface area contributed by atoms with Crippen molar-refractivity contribution in [1.82, 2.24) is 9.80 Å². The van der Waals surface area contributed by atoms with E-state index in [1.54, 1.807) is 46.6 Å². The molecular weight excluding hydrogens is 777 g/mol. The highest BCUT2D eigenvalue weighted by Crippen LogP contribution is 2.50. The molecule has 0 spiro atoms. The normalized spacial score (nSPS) is 24.8. The maximum absolute atomic E-state index is 15.4. The average Bonchev–Trinajstić information content (AvgIpc) is 3.29. The van der Waals surface area contributed by atoms with Crippen LogP contribution < -0.4 is 24.4 Å². The third-order valence-corrected chi connectivity index (χ3v) is 13.8. The van der Waals surface area contributed by atoms with Crippen molar-refractivity contribution in [2.45, 2.75) is 83.1 Å². The van der Waals surface area contributed by atoms with E-state index in [0.29, 0.717) is 66.4 Å². The molecule has 0 bridgehead atoms. The van der Waals surface area contributed by atoms with Gasteiger partial charge in [-0.3, -0.25) is 14.5 Å². The Morgan fingerprint density at radius 3 is 2.21 bits per heavy atom. The molecule has 0 unspecified atom stereocenters. The highest BCUT2D eigenvalue weighted by molar-refractivity contribution is 5.92. The first-order valence-electron chi connectivity index (χ1n) is 21.9. The van der Waals surface area contributed by atoms with Gasteiger partial charge in [0.15, 0.2) is 34.2 Å². The van der Waals surface area contributed by atoms with E-state index in [1.165, 1.54) is 17.4 Å². The van der Waals surface area contributed by atoms with Gasteiger partial charge in [-0.25, -0.2) is 0 Å². The summed E-state index contributed by atoms with van der Waals surface area (Å²) in [5.41, 5.74) is 5.50. The second kappa shape index (κ2) is 18.5. The van der Waals surface area contributed by atoms with E-state index in [9.17, 15) is 9.90 Å². The smallest absolute Gasteiger partial charge is 0.289 e. The predicted molar refractivity (Wildman–Crippen MR) is 231 cm³/mol. The number of allylic oxidation sites excluding steroid dienone is 1. The van der Waals surface area contributed by atoms with Crippen molar-refractivity contribution in [2.24, 2.45) is 17.8 Å². The molecule has 1 N–H and O–H groups in total. The monoisotopic (exact) mass is 836 g/mol. The van der Waals surface area contributed by atoms with E-state index in [1.807, 2.05) is 24.0 Å². The number of nitrogens with zero attached hydrogens (tertiary/aromatic N) is 2. The zero-order valence-electron chi connectivity index (χ0n) is 36.3. The molecule has 0 radical (unpaired) electrons. The first kappa shape index (κ1) is 42.6. The number of para-hydroxylation sites is 1. The number of hydrogen-bond acceptors (Lipinski definition) is 11. The lowest BCUT2D eigenvalue weighted by molar-refractivity contribution is -0.171. The molecule has 8 rings (SSSR count). The van der Waals surface area contributed by atoms with E-state index in [-0.39, 0.29) is 47.6 Å². The van der Waals surface area contributed by atoms with Gasteiger partial charge in [0.05, 0.1) is 46.1 Å². The molecule has 12 heteroatoms. The van der Waals surface area contributed by atoms with Gasteiger partial charge in [0, 0.05) is 56.3 Å². The lowest BCUT2D eigenvalue weighted by atomic mass is 9.72. The molecule has 1 aromatic heterocycles. The van der Waals surface area contributed by atoms with Crippen molar-refractivity contribution in [2.75, 3.05) is 61.3 Å². The summed E-state index contributed by atoms with van der Waals surface area (Å²) < 4.78 is 42.0. The second-order valence-corrected chi connectivity index (χ2v) is 16.8. The van der Waals surface area contributed by atoms with E-state index >= 15 is 4.79 Å². The number of aliphatic hydroxyl groups is 1. The van der Waals surface area contributed by atoms with Gasteiger partial charge in [-0.15, -0.1) is 0 Å². The van der Waals surface area contributed by atoms with Gasteiger partial charge in [-0.2, -0.15) is 0 Å². The summed E-state index contributed by atoms with van der Waals surface area (Å²) in [6.45, 7) is 6.88. The summed E-state index contributed by atoms with van der Waals surface area (Å²) in [7, 11) is 6.66. The van der Waals surface area contributed by atoms with Crippen LogP contribution in [0.2, 0.25) is 0 Å². The van der Waals surface area contributed by atoms with Gasteiger partial charge >= 0.3 is 0 Å². The van der Waals surface area contributed by atoms with Gasteiger partial charge in [-0.05, 0) is 122 Å². The zero-order valence-corrected chi connectivity index (χ0v) is 36.3. The first-order valence-corrected chi connectivity index (χ1v) is 21.9. The van der Waals surface area contributed by atoms with Gasteiger partial charge in [0.2, 0.25) is 6.29 Å². The minimum absolute atomic E-state index is 0.0289. The number of fused-ring (bicyclic) bond motifs is 5. The lowest BCUT2D eigenvalue weighted by Crippen LogP contribution is -2.48. The molecule has 0 saturated carbocycles. The van der Waals surface area contributed by atoms with E-state index in [4.69, 9.17) is 32.8 Å². The second-order valence-electron chi connectivity index (χ2n) is 16.8. The minimum atomic E-state index is -0.827. The number of methoxy groups -OCH3 is 4. The molecule has 12 nitrogen and oxygen atoms in total. The number of rotatable bonds is 14. The molecule has 1 amide bonds. The van der Waals surface area contributed by atoms with Crippen molar-refractivity contribution in [1.29, 1.82) is 0 Å². The molecule has 61 heavy (non-hydrogen) atoms. The SMILES string of the molecule is CCO[C@H]1OC(C(=O)N2CCc3cc(OC)c(OC)cc3[C@H]2C[C@H]2C[C@H]3c4cc(OC)c(OC)cc4CCN3C[C@@H]2CC)=C[C@@H](c2coc3ccccc3c2=O)[C@@H]1CCCO. The predicted octanol–water partition coefficient (Wildman–Crippen LogP) is 7.74. The number of amides is 1. The summed E-state index contributed by atoms with van der Waals surface area (Å²) in [6.07, 6.45) is 7.72. The fourth-order valence-electron chi connectivity index (χ4n) is 10.6. The van der Waals surface area contributed by atoms with Crippen LogP contribution in [-0.2, 0) is 27.1 Å². The fraction of sp³-hybridized carbons (Fsp3) is 0.510. The average molecular weight is 837 g/mol. The fourth-order valence-corrected chi connectivity index (χ4v) is 10.6. The molecule has 7 atom stereocenters. The summed E-state index contributed by atoms with van der Waals surface area (Å²) in [5.74, 6) is 2.43. The molecule has 4 aromatic rings. The Morgan fingerprint density at radius 1 is 0.852 bits per heavy atom. The Morgan fingerprint density at radius 2 is 1.52 bits per heavy atom. The Hall–Kier alpha value is -5.04. The maximum atomic E-state index is 15.4. The lowest BCUT2D eigenvalue weighted by Gasteiger charge is -2.49. The summed E-state index contributed by atoms with van der Waals surface area (Å²) in [5, 5.41) is 10.4. The highest BCUT2D eigenvalue weighted by atomic mass is 16.7. The third kappa shape index (κ3) is 8.10. The molecule has 1 fully saturated rings. The molecule has 5 heterocycles. The van der Waals surface area contributed by atoms with Gasteiger partial charge < -0.3 is 42.8 Å². The molecule has 4 aliphatic rings. The van der Waals surface area contributed by atoms with Crippen LogP contribution in [0.4, 0.5) is 0 Å². The molecule has 4 aliphatic heterocycles.